The molecule has 0 radical (unpaired) electrons. The van der Waals surface area contributed by atoms with Gasteiger partial charge in [-0.05, 0) is 54.7 Å². The fourth-order valence-corrected chi connectivity index (χ4v) is 4.91. The van der Waals surface area contributed by atoms with E-state index in [0.29, 0.717) is 19.5 Å². The largest absolute Gasteiger partial charge is 0.497 e. The van der Waals surface area contributed by atoms with Crippen LogP contribution < -0.4 is 9.47 Å². The molecule has 0 aliphatic rings. The highest BCUT2D eigenvalue weighted by atomic mass is 32.2. The van der Waals surface area contributed by atoms with Gasteiger partial charge in [-0.1, -0.05) is 37.3 Å². The minimum absolute atomic E-state index is 0.0215. The van der Waals surface area contributed by atoms with Gasteiger partial charge in [0.2, 0.25) is 10.0 Å². The maximum Gasteiger partial charge on any atom is 0.217 e. The Bertz CT molecular complexity index is 827. The van der Waals surface area contributed by atoms with Crippen LogP contribution in [0.25, 0.3) is 0 Å². The van der Waals surface area contributed by atoms with Crippen LogP contribution in [0.15, 0.2) is 61.2 Å². The quantitative estimate of drug-likeness (QED) is 0.500. The molecule has 0 aliphatic carbocycles. The lowest BCUT2D eigenvalue weighted by molar-refractivity contribution is 0.381. The second-order valence-corrected chi connectivity index (χ2v) is 9.51. The minimum atomic E-state index is -3.53. The lowest BCUT2D eigenvalue weighted by Crippen LogP contribution is -2.39. The number of nitrogens with zero attached hydrogens (tertiary/aromatic N) is 1. The predicted octanol–water partition coefficient (Wildman–Crippen LogP) is 4.64. The SMILES string of the molecule is C=CC[C@@H](C)[C@H](C)S(=O)(=O)N(Cc1ccc(OC)cc1)Cc1ccc(OC)cc1. The molecule has 0 aromatic heterocycles. The van der Waals surface area contributed by atoms with Gasteiger partial charge in [-0.2, -0.15) is 4.31 Å². The lowest BCUT2D eigenvalue weighted by Gasteiger charge is -2.29. The molecule has 0 heterocycles. The zero-order chi connectivity index (χ0) is 21.4. The summed E-state index contributed by atoms with van der Waals surface area (Å²) in [5, 5.41) is -0.517. The van der Waals surface area contributed by atoms with Crippen LogP contribution in [0.4, 0.5) is 0 Å². The number of hydrogen-bond donors (Lipinski definition) is 0. The Morgan fingerprint density at radius 2 is 1.31 bits per heavy atom. The summed E-state index contributed by atoms with van der Waals surface area (Å²) in [5.41, 5.74) is 1.82. The standard InChI is InChI=1S/C23H31NO4S/c1-6-7-18(2)19(3)29(25,26)24(16-20-8-12-22(27-4)13-9-20)17-21-10-14-23(28-5)15-11-21/h6,8-15,18-19H,1,7,16-17H2,2-5H3/t18-,19+/m1/s1. The molecule has 2 atom stereocenters. The molecule has 0 saturated carbocycles. The van der Waals surface area contributed by atoms with Crippen LogP contribution in [0, 0.1) is 5.92 Å². The van der Waals surface area contributed by atoms with E-state index in [9.17, 15) is 8.42 Å². The van der Waals surface area contributed by atoms with Crippen molar-refractivity contribution < 1.29 is 17.9 Å². The van der Waals surface area contributed by atoms with E-state index in [1.54, 1.807) is 31.5 Å². The van der Waals surface area contributed by atoms with E-state index >= 15 is 0 Å². The number of benzene rings is 2. The molecule has 0 unspecified atom stereocenters. The Hall–Kier alpha value is -2.31. The topological polar surface area (TPSA) is 55.8 Å². The molecule has 2 aromatic carbocycles. The van der Waals surface area contributed by atoms with Crippen LogP contribution in [0.5, 0.6) is 11.5 Å². The molecule has 158 valence electrons. The van der Waals surface area contributed by atoms with Crippen LogP contribution in [0.2, 0.25) is 0 Å². The molecular weight excluding hydrogens is 386 g/mol. The fourth-order valence-electron chi connectivity index (χ4n) is 3.09. The minimum Gasteiger partial charge on any atom is -0.497 e. The third-order valence-electron chi connectivity index (χ3n) is 5.21. The Labute approximate surface area is 175 Å². The molecule has 0 amide bonds. The smallest absolute Gasteiger partial charge is 0.217 e. The molecule has 0 bridgehead atoms. The Morgan fingerprint density at radius 1 is 0.897 bits per heavy atom. The molecule has 29 heavy (non-hydrogen) atoms. The molecule has 5 nitrogen and oxygen atoms in total. The van der Waals surface area contributed by atoms with E-state index < -0.39 is 15.3 Å². The molecule has 6 heteroatoms. The highest BCUT2D eigenvalue weighted by Gasteiger charge is 2.32. The Kier molecular flexibility index (Phi) is 8.29. The van der Waals surface area contributed by atoms with Crippen molar-refractivity contribution in [2.45, 2.75) is 38.6 Å². The van der Waals surface area contributed by atoms with E-state index in [0.717, 1.165) is 22.6 Å². The highest BCUT2D eigenvalue weighted by molar-refractivity contribution is 7.89. The first-order valence-electron chi connectivity index (χ1n) is 9.67. The van der Waals surface area contributed by atoms with Gasteiger partial charge in [0.25, 0.3) is 0 Å². The van der Waals surface area contributed by atoms with Crippen LogP contribution in [-0.4, -0.2) is 32.2 Å². The normalized spacial score (nSPS) is 13.7. The van der Waals surface area contributed by atoms with Crippen molar-refractivity contribution in [1.82, 2.24) is 4.31 Å². The van der Waals surface area contributed by atoms with Gasteiger partial charge in [-0.15, -0.1) is 6.58 Å². The van der Waals surface area contributed by atoms with E-state index in [-0.39, 0.29) is 5.92 Å². The number of ether oxygens (including phenoxy) is 2. The maximum absolute atomic E-state index is 13.4. The van der Waals surface area contributed by atoms with Crippen molar-refractivity contribution in [2.75, 3.05) is 14.2 Å². The number of hydrogen-bond acceptors (Lipinski definition) is 4. The van der Waals surface area contributed by atoms with Crippen LogP contribution in [0.1, 0.15) is 31.4 Å². The average molecular weight is 418 g/mol. The van der Waals surface area contributed by atoms with Gasteiger partial charge < -0.3 is 9.47 Å². The summed E-state index contributed by atoms with van der Waals surface area (Å²) in [6, 6.07) is 15.0. The molecule has 2 rings (SSSR count). The maximum atomic E-state index is 13.4. The van der Waals surface area contributed by atoms with Gasteiger partial charge in [0, 0.05) is 13.1 Å². The second kappa shape index (κ2) is 10.5. The van der Waals surface area contributed by atoms with Gasteiger partial charge in [0.1, 0.15) is 11.5 Å². The first-order chi connectivity index (χ1) is 13.8. The molecule has 0 aliphatic heterocycles. The van der Waals surface area contributed by atoms with Gasteiger partial charge in [0.05, 0.1) is 19.5 Å². The predicted molar refractivity (Wildman–Crippen MR) is 118 cm³/mol. The molecule has 0 saturated heterocycles. The van der Waals surface area contributed by atoms with E-state index in [1.165, 1.54) is 0 Å². The summed E-state index contributed by atoms with van der Waals surface area (Å²) in [4.78, 5) is 0. The second-order valence-electron chi connectivity index (χ2n) is 7.22. The average Bonchev–Trinajstić information content (AvgIpc) is 2.73. The zero-order valence-electron chi connectivity index (χ0n) is 17.7. The third-order valence-corrected chi connectivity index (χ3v) is 7.59. The first-order valence-corrected chi connectivity index (χ1v) is 11.2. The van der Waals surface area contributed by atoms with Crippen molar-refractivity contribution in [3.8, 4) is 11.5 Å². The summed E-state index contributed by atoms with van der Waals surface area (Å²) < 4.78 is 38.8. The van der Waals surface area contributed by atoms with Gasteiger partial charge in [0.15, 0.2) is 0 Å². The summed E-state index contributed by atoms with van der Waals surface area (Å²) in [6.07, 6.45) is 2.42. The number of rotatable bonds is 11. The molecule has 0 N–H and O–H groups in total. The number of methoxy groups -OCH3 is 2. The van der Waals surface area contributed by atoms with E-state index in [4.69, 9.17) is 9.47 Å². The van der Waals surface area contributed by atoms with E-state index in [1.807, 2.05) is 55.5 Å². The number of sulfonamides is 1. The molecule has 2 aromatic rings. The summed E-state index contributed by atoms with van der Waals surface area (Å²) in [5.74, 6) is 1.46. The van der Waals surface area contributed by atoms with Crippen molar-refractivity contribution in [2.24, 2.45) is 5.92 Å². The molecular formula is C23H31NO4S. The monoisotopic (exact) mass is 417 g/mol. The lowest BCUT2D eigenvalue weighted by atomic mass is 10.1. The van der Waals surface area contributed by atoms with Crippen LogP contribution >= 0.6 is 0 Å². The van der Waals surface area contributed by atoms with Gasteiger partial charge in [-0.3, -0.25) is 0 Å². The highest BCUT2D eigenvalue weighted by Crippen LogP contribution is 2.25. The summed E-state index contributed by atoms with van der Waals surface area (Å²) in [7, 11) is -0.309. The van der Waals surface area contributed by atoms with Crippen LogP contribution in [0.3, 0.4) is 0 Å². The third kappa shape index (κ3) is 6.08. The van der Waals surface area contributed by atoms with Gasteiger partial charge in [-0.25, -0.2) is 8.42 Å². The summed E-state index contributed by atoms with van der Waals surface area (Å²) >= 11 is 0. The summed E-state index contributed by atoms with van der Waals surface area (Å²) in [6.45, 7) is 8.06. The molecule has 0 spiro atoms. The first kappa shape index (κ1) is 23.0. The molecule has 0 fully saturated rings. The fraction of sp³-hybridized carbons (Fsp3) is 0.391. The Morgan fingerprint density at radius 3 is 1.66 bits per heavy atom. The van der Waals surface area contributed by atoms with Crippen molar-refractivity contribution in [1.29, 1.82) is 0 Å². The van der Waals surface area contributed by atoms with Crippen molar-refractivity contribution >= 4 is 10.0 Å². The van der Waals surface area contributed by atoms with Crippen molar-refractivity contribution in [3.05, 3.63) is 72.3 Å². The van der Waals surface area contributed by atoms with E-state index in [2.05, 4.69) is 6.58 Å². The zero-order valence-corrected chi connectivity index (χ0v) is 18.5. The van der Waals surface area contributed by atoms with Crippen molar-refractivity contribution in [3.63, 3.8) is 0 Å². The Balaban J connectivity index is 2.32. The van der Waals surface area contributed by atoms with Gasteiger partial charge >= 0.3 is 0 Å². The number of allylic oxidation sites excluding steroid dienone is 1. The van der Waals surface area contributed by atoms with Crippen LogP contribution in [-0.2, 0) is 23.1 Å².